The van der Waals surface area contributed by atoms with E-state index in [1.54, 1.807) is 18.2 Å². The Bertz CT molecular complexity index is 382. The molecule has 0 radical (unpaired) electrons. The highest BCUT2D eigenvalue weighted by Crippen LogP contribution is 2.27. The molecule has 0 bridgehead atoms. The molecule has 0 saturated carbocycles. The van der Waals surface area contributed by atoms with Gasteiger partial charge >= 0.3 is 0 Å². The molecular formula is C10H12N2O2S. The van der Waals surface area contributed by atoms with Crippen LogP contribution in [0.4, 0.5) is 11.4 Å². The molecule has 0 aromatic heterocycles. The number of nitrogens with zero attached hydrogens (tertiary/aromatic N) is 1. The highest BCUT2D eigenvalue weighted by Gasteiger charge is 2.11. The third kappa shape index (κ3) is 2.41. The van der Waals surface area contributed by atoms with Crippen LogP contribution in [0, 0.1) is 10.1 Å². The molecule has 0 aliphatic carbocycles. The van der Waals surface area contributed by atoms with E-state index < -0.39 is 0 Å². The van der Waals surface area contributed by atoms with Crippen LogP contribution in [0.3, 0.4) is 0 Å². The molecule has 80 valence electrons. The summed E-state index contributed by atoms with van der Waals surface area (Å²) in [5.74, 6) is 1.96. The Balaban J connectivity index is 2.31. The third-order valence-electron chi connectivity index (χ3n) is 2.34. The van der Waals surface area contributed by atoms with E-state index in [1.165, 1.54) is 0 Å². The summed E-state index contributed by atoms with van der Waals surface area (Å²) in [6.45, 7) is 0.942. The summed E-state index contributed by atoms with van der Waals surface area (Å²) in [5, 5.41) is 13.9. The van der Waals surface area contributed by atoms with Crippen LogP contribution in [-0.2, 0) is 5.75 Å². The lowest BCUT2D eigenvalue weighted by atomic mass is 10.1. The van der Waals surface area contributed by atoms with Crippen molar-refractivity contribution in [3.05, 3.63) is 33.9 Å². The maximum Gasteiger partial charge on any atom is 0.269 e. The second kappa shape index (κ2) is 4.53. The van der Waals surface area contributed by atoms with Crippen molar-refractivity contribution in [3.8, 4) is 0 Å². The molecule has 1 aromatic carbocycles. The fraction of sp³-hybridized carbons (Fsp3) is 0.400. The van der Waals surface area contributed by atoms with Crippen LogP contribution >= 0.6 is 11.8 Å². The van der Waals surface area contributed by atoms with E-state index in [0.717, 1.165) is 35.7 Å². The zero-order valence-electron chi connectivity index (χ0n) is 8.23. The van der Waals surface area contributed by atoms with Crippen molar-refractivity contribution in [1.29, 1.82) is 0 Å². The molecule has 0 unspecified atom stereocenters. The van der Waals surface area contributed by atoms with Crippen LogP contribution < -0.4 is 5.32 Å². The van der Waals surface area contributed by atoms with Crippen molar-refractivity contribution in [1.82, 2.24) is 0 Å². The Morgan fingerprint density at radius 1 is 1.47 bits per heavy atom. The van der Waals surface area contributed by atoms with Crippen molar-refractivity contribution in [2.45, 2.75) is 12.2 Å². The van der Waals surface area contributed by atoms with Crippen LogP contribution in [0.1, 0.15) is 12.0 Å². The number of rotatable bonds is 1. The summed E-state index contributed by atoms with van der Waals surface area (Å²) in [7, 11) is 0. The van der Waals surface area contributed by atoms with Crippen LogP contribution in [-0.4, -0.2) is 17.2 Å². The minimum Gasteiger partial charge on any atom is -0.385 e. The van der Waals surface area contributed by atoms with E-state index >= 15 is 0 Å². The number of nitro benzene ring substituents is 1. The van der Waals surface area contributed by atoms with E-state index in [9.17, 15) is 10.1 Å². The Labute approximate surface area is 92.2 Å². The van der Waals surface area contributed by atoms with Gasteiger partial charge in [-0.15, -0.1) is 0 Å². The number of anilines is 1. The first-order valence-corrected chi connectivity index (χ1v) is 6.02. The number of nitro groups is 1. The fourth-order valence-electron chi connectivity index (χ4n) is 1.56. The van der Waals surface area contributed by atoms with E-state index in [-0.39, 0.29) is 10.6 Å². The molecule has 0 fully saturated rings. The third-order valence-corrected chi connectivity index (χ3v) is 3.43. The second-order valence-corrected chi connectivity index (χ2v) is 4.54. The number of thioether (sulfide) groups is 1. The SMILES string of the molecule is O=[N+]([O-])c1ccc2c(c1)CSCCCN2. The highest BCUT2D eigenvalue weighted by atomic mass is 32.2. The molecule has 1 aliphatic rings. The van der Waals surface area contributed by atoms with Gasteiger partial charge < -0.3 is 5.32 Å². The van der Waals surface area contributed by atoms with Gasteiger partial charge in [-0.1, -0.05) is 0 Å². The highest BCUT2D eigenvalue weighted by molar-refractivity contribution is 7.98. The minimum atomic E-state index is -0.344. The van der Waals surface area contributed by atoms with Gasteiger partial charge in [0.2, 0.25) is 0 Å². The normalized spacial score (nSPS) is 15.7. The van der Waals surface area contributed by atoms with E-state index in [1.807, 2.05) is 11.8 Å². The molecule has 2 rings (SSSR count). The largest absolute Gasteiger partial charge is 0.385 e. The predicted octanol–water partition coefficient (Wildman–Crippen LogP) is 2.64. The smallest absolute Gasteiger partial charge is 0.269 e. The van der Waals surface area contributed by atoms with Gasteiger partial charge in [-0.05, 0) is 23.8 Å². The van der Waals surface area contributed by atoms with Gasteiger partial charge in [-0.3, -0.25) is 10.1 Å². The molecule has 1 heterocycles. The first kappa shape index (κ1) is 10.3. The zero-order chi connectivity index (χ0) is 10.7. The van der Waals surface area contributed by atoms with E-state index in [2.05, 4.69) is 5.32 Å². The second-order valence-electron chi connectivity index (χ2n) is 3.43. The van der Waals surface area contributed by atoms with Crippen LogP contribution in [0.5, 0.6) is 0 Å². The van der Waals surface area contributed by atoms with Gasteiger partial charge in [-0.2, -0.15) is 11.8 Å². The molecular weight excluding hydrogens is 212 g/mol. The first-order chi connectivity index (χ1) is 7.27. The first-order valence-electron chi connectivity index (χ1n) is 4.86. The van der Waals surface area contributed by atoms with Gasteiger partial charge in [-0.25, -0.2) is 0 Å². The van der Waals surface area contributed by atoms with Gasteiger partial charge in [0.1, 0.15) is 0 Å². The van der Waals surface area contributed by atoms with Crippen LogP contribution in [0.2, 0.25) is 0 Å². The van der Waals surface area contributed by atoms with Crippen molar-refractivity contribution >= 4 is 23.1 Å². The summed E-state index contributed by atoms with van der Waals surface area (Å²) in [6, 6.07) is 5.03. The average Bonchev–Trinajstić information content (AvgIpc) is 2.18. The van der Waals surface area contributed by atoms with Crippen molar-refractivity contribution in [3.63, 3.8) is 0 Å². The lowest BCUT2D eigenvalue weighted by Gasteiger charge is -2.14. The Hall–Kier alpha value is -1.23. The summed E-state index contributed by atoms with van der Waals surface area (Å²) in [5.41, 5.74) is 2.25. The summed E-state index contributed by atoms with van der Waals surface area (Å²) >= 11 is 1.83. The molecule has 0 amide bonds. The molecule has 15 heavy (non-hydrogen) atoms. The Kier molecular flexibility index (Phi) is 3.11. The van der Waals surface area contributed by atoms with Crippen LogP contribution in [0.25, 0.3) is 0 Å². The molecule has 4 nitrogen and oxygen atoms in total. The molecule has 0 atom stereocenters. The summed E-state index contributed by atoms with van der Waals surface area (Å²) < 4.78 is 0. The summed E-state index contributed by atoms with van der Waals surface area (Å²) in [6.07, 6.45) is 1.14. The maximum atomic E-state index is 10.6. The summed E-state index contributed by atoms with van der Waals surface area (Å²) in [4.78, 5) is 10.3. The van der Waals surface area contributed by atoms with Gasteiger partial charge in [0.05, 0.1) is 4.92 Å². The van der Waals surface area contributed by atoms with E-state index in [0.29, 0.717) is 0 Å². The predicted molar refractivity (Wildman–Crippen MR) is 62.4 cm³/mol. The lowest BCUT2D eigenvalue weighted by molar-refractivity contribution is -0.384. The number of hydrogen-bond donors (Lipinski definition) is 1. The van der Waals surface area contributed by atoms with Crippen molar-refractivity contribution in [2.75, 3.05) is 17.6 Å². The van der Waals surface area contributed by atoms with Gasteiger partial charge in [0, 0.05) is 30.1 Å². The van der Waals surface area contributed by atoms with Crippen molar-refractivity contribution in [2.24, 2.45) is 0 Å². The molecule has 1 aliphatic heterocycles. The lowest BCUT2D eigenvalue weighted by Crippen LogP contribution is -2.08. The fourth-order valence-corrected chi connectivity index (χ4v) is 2.52. The zero-order valence-corrected chi connectivity index (χ0v) is 9.05. The quantitative estimate of drug-likeness (QED) is 0.588. The van der Waals surface area contributed by atoms with E-state index in [4.69, 9.17) is 0 Å². The topological polar surface area (TPSA) is 55.2 Å². The maximum absolute atomic E-state index is 10.6. The Morgan fingerprint density at radius 3 is 3.13 bits per heavy atom. The number of nitrogens with one attached hydrogen (secondary N) is 1. The average molecular weight is 224 g/mol. The van der Waals surface area contributed by atoms with Gasteiger partial charge in [0.15, 0.2) is 0 Å². The monoisotopic (exact) mass is 224 g/mol. The van der Waals surface area contributed by atoms with Crippen LogP contribution in [0.15, 0.2) is 18.2 Å². The number of non-ortho nitro benzene ring substituents is 1. The minimum absolute atomic E-state index is 0.178. The number of benzene rings is 1. The molecule has 5 heteroatoms. The Morgan fingerprint density at radius 2 is 2.33 bits per heavy atom. The molecule has 1 aromatic rings. The number of hydrogen-bond acceptors (Lipinski definition) is 4. The number of fused-ring (bicyclic) bond motifs is 1. The van der Waals surface area contributed by atoms with Crippen molar-refractivity contribution < 1.29 is 4.92 Å². The molecule has 0 saturated heterocycles. The van der Waals surface area contributed by atoms with Gasteiger partial charge in [0.25, 0.3) is 5.69 Å². The standard InChI is InChI=1S/C10H12N2O2S/c13-12(14)9-2-3-10-8(6-9)7-15-5-1-4-11-10/h2-3,6,11H,1,4-5,7H2. The molecule has 0 spiro atoms. The molecule has 1 N–H and O–H groups in total.